The summed E-state index contributed by atoms with van der Waals surface area (Å²) in [4.78, 5) is 23.6. The number of hydrogen-bond acceptors (Lipinski definition) is 3. The molecule has 1 rings (SSSR count). The lowest BCUT2D eigenvalue weighted by molar-refractivity contribution is -0.135. The van der Waals surface area contributed by atoms with Gasteiger partial charge in [-0.15, -0.1) is 0 Å². The minimum atomic E-state index is -4.36. The molecule has 3 nitrogen and oxygen atoms in total. The van der Waals surface area contributed by atoms with Gasteiger partial charge in [0.2, 0.25) is 5.78 Å². The first-order valence-corrected chi connectivity index (χ1v) is 5.29. The molecule has 0 radical (unpaired) electrons. The quantitative estimate of drug-likeness (QED) is 0.734. The zero-order valence-electron chi connectivity index (χ0n) is 10.3. The second-order valence-electron chi connectivity index (χ2n) is 4.04. The highest BCUT2D eigenvalue weighted by Gasteiger charge is 2.34. The lowest BCUT2D eigenvalue weighted by Crippen LogP contribution is -2.24. The van der Waals surface area contributed by atoms with Crippen molar-refractivity contribution >= 4 is 11.6 Å². The van der Waals surface area contributed by atoms with Crippen LogP contribution in [0, 0.1) is 0 Å². The number of methoxy groups -OCH3 is 1. The van der Waals surface area contributed by atoms with E-state index < -0.39 is 30.6 Å². The van der Waals surface area contributed by atoms with Crippen LogP contribution in [0.15, 0.2) is 22.5 Å². The van der Waals surface area contributed by atoms with Gasteiger partial charge in [-0.1, -0.05) is 0 Å². The first kappa shape index (κ1) is 14.5. The van der Waals surface area contributed by atoms with Crippen molar-refractivity contribution in [3.8, 4) is 0 Å². The Labute approximate surface area is 102 Å². The minimum absolute atomic E-state index is 0.0718. The average Bonchev–Trinajstić information content (AvgIpc) is 2.25. The summed E-state index contributed by atoms with van der Waals surface area (Å²) in [5.41, 5.74) is 0.0954. The molecule has 0 saturated heterocycles. The fourth-order valence-corrected chi connectivity index (χ4v) is 1.81. The number of hydrogen-bond donors (Lipinski definition) is 0. The molecule has 0 spiro atoms. The predicted molar refractivity (Wildman–Crippen MR) is 57.7 cm³/mol. The van der Waals surface area contributed by atoms with E-state index in [1.807, 2.05) is 0 Å². The Morgan fingerprint density at radius 2 is 1.61 bits per heavy atom. The van der Waals surface area contributed by atoms with Gasteiger partial charge >= 0.3 is 6.18 Å². The third-order valence-corrected chi connectivity index (χ3v) is 2.82. The van der Waals surface area contributed by atoms with E-state index in [9.17, 15) is 22.8 Å². The Bertz CT molecular complexity index is 456. The van der Waals surface area contributed by atoms with Crippen LogP contribution in [0.5, 0.6) is 0 Å². The maximum Gasteiger partial charge on any atom is 0.389 e. The van der Waals surface area contributed by atoms with Gasteiger partial charge in [0.25, 0.3) is 0 Å². The number of halogens is 3. The Kier molecular flexibility index (Phi) is 3.98. The topological polar surface area (TPSA) is 43.4 Å². The van der Waals surface area contributed by atoms with Crippen molar-refractivity contribution in [1.29, 1.82) is 0 Å². The molecule has 0 bridgehead atoms. The van der Waals surface area contributed by atoms with Gasteiger partial charge in [0, 0.05) is 23.1 Å². The highest BCUT2D eigenvalue weighted by molar-refractivity contribution is 6.23. The van der Waals surface area contributed by atoms with Gasteiger partial charge in [-0.3, -0.25) is 9.59 Å². The Hall–Kier alpha value is -1.59. The molecule has 0 N–H and O–H groups in total. The van der Waals surface area contributed by atoms with Crippen LogP contribution in [0.1, 0.15) is 26.7 Å². The number of alkyl halides is 3. The summed E-state index contributed by atoms with van der Waals surface area (Å²) in [6.07, 6.45) is -5.99. The predicted octanol–water partition coefficient (Wildman–Crippen LogP) is 2.72. The molecule has 0 fully saturated rings. The molecule has 0 aromatic heterocycles. The maximum absolute atomic E-state index is 12.2. The van der Waals surface area contributed by atoms with Gasteiger partial charge in [-0.2, -0.15) is 13.2 Å². The van der Waals surface area contributed by atoms with Crippen molar-refractivity contribution in [2.24, 2.45) is 0 Å². The zero-order valence-corrected chi connectivity index (χ0v) is 10.3. The van der Waals surface area contributed by atoms with Gasteiger partial charge in [-0.25, -0.2) is 0 Å². The minimum Gasteiger partial charge on any atom is -0.492 e. The smallest absolute Gasteiger partial charge is 0.389 e. The number of Topliss-reactive ketones (excluding diaryl/α,β-unsaturated/α-hetero) is 2. The van der Waals surface area contributed by atoms with Gasteiger partial charge < -0.3 is 4.74 Å². The molecule has 0 saturated carbocycles. The first-order chi connectivity index (χ1) is 8.19. The summed E-state index contributed by atoms with van der Waals surface area (Å²) < 4.78 is 41.3. The number of carbonyl (C=O) groups excluding carboxylic acids is 2. The molecular weight excluding hydrogens is 249 g/mol. The molecule has 0 aromatic carbocycles. The monoisotopic (exact) mass is 262 g/mol. The number of rotatable bonds is 3. The summed E-state index contributed by atoms with van der Waals surface area (Å²) in [5.74, 6) is -1.23. The van der Waals surface area contributed by atoms with Gasteiger partial charge in [0.15, 0.2) is 11.5 Å². The van der Waals surface area contributed by atoms with Crippen LogP contribution in [0.25, 0.3) is 0 Å². The van der Waals surface area contributed by atoms with Crippen molar-refractivity contribution in [3.05, 3.63) is 22.5 Å². The van der Waals surface area contributed by atoms with Crippen molar-refractivity contribution in [3.63, 3.8) is 0 Å². The molecule has 0 aliphatic heterocycles. The summed E-state index contributed by atoms with van der Waals surface area (Å²) in [6.45, 7) is 2.78. The van der Waals surface area contributed by atoms with E-state index >= 15 is 0 Å². The van der Waals surface area contributed by atoms with E-state index in [0.717, 1.165) is 0 Å². The third kappa shape index (κ3) is 2.80. The molecule has 6 heteroatoms. The molecule has 0 atom stereocenters. The Morgan fingerprint density at radius 3 is 2.06 bits per heavy atom. The number of ketones is 2. The summed E-state index contributed by atoms with van der Waals surface area (Å²) in [5, 5.41) is 0. The van der Waals surface area contributed by atoms with E-state index in [1.54, 1.807) is 0 Å². The van der Waals surface area contributed by atoms with E-state index in [1.165, 1.54) is 21.0 Å². The standard InChI is InChI=1S/C12H13F3O3/c1-6-8(4-5-12(13,14)15)10(17)11(18-3)7(2)9(6)16/h4-5H2,1-3H3. The first-order valence-electron chi connectivity index (χ1n) is 5.29. The number of allylic oxidation sites excluding steroid dienone is 3. The Balaban J connectivity index is 3.05. The van der Waals surface area contributed by atoms with Crippen LogP contribution in [0.2, 0.25) is 0 Å². The fourth-order valence-electron chi connectivity index (χ4n) is 1.81. The molecule has 0 unspecified atom stereocenters. The van der Waals surface area contributed by atoms with E-state index in [2.05, 4.69) is 0 Å². The Morgan fingerprint density at radius 1 is 1.06 bits per heavy atom. The highest BCUT2D eigenvalue weighted by atomic mass is 19.4. The normalized spacial score (nSPS) is 17.7. The summed E-state index contributed by atoms with van der Waals surface area (Å²) >= 11 is 0. The molecule has 1 aliphatic carbocycles. The molecule has 18 heavy (non-hydrogen) atoms. The largest absolute Gasteiger partial charge is 0.492 e. The highest BCUT2D eigenvalue weighted by Crippen LogP contribution is 2.31. The molecule has 0 aromatic rings. The molecule has 1 aliphatic rings. The number of ether oxygens (including phenoxy) is 1. The fraction of sp³-hybridized carbons (Fsp3) is 0.500. The zero-order chi connectivity index (χ0) is 14.1. The second-order valence-corrected chi connectivity index (χ2v) is 4.04. The average molecular weight is 262 g/mol. The van der Waals surface area contributed by atoms with Crippen LogP contribution in [0.4, 0.5) is 13.2 Å². The van der Waals surface area contributed by atoms with Gasteiger partial charge in [0.1, 0.15) is 0 Å². The number of carbonyl (C=O) groups is 2. The van der Waals surface area contributed by atoms with Gasteiger partial charge in [0.05, 0.1) is 7.11 Å². The van der Waals surface area contributed by atoms with Gasteiger partial charge in [-0.05, 0) is 20.3 Å². The lowest BCUT2D eigenvalue weighted by Gasteiger charge is -2.19. The van der Waals surface area contributed by atoms with Crippen molar-refractivity contribution in [1.82, 2.24) is 0 Å². The van der Waals surface area contributed by atoms with Crippen LogP contribution >= 0.6 is 0 Å². The van der Waals surface area contributed by atoms with Crippen LogP contribution in [0.3, 0.4) is 0 Å². The second kappa shape index (κ2) is 4.96. The van der Waals surface area contributed by atoms with Crippen LogP contribution in [-0.4, -0.2) is 24.9 Å². The van der Waals surface area contributed by atoms with Crippen molar-refractivity contribution in [2.75, 3.05) is 7.11 Å². The van der Waals surface area contributed by atoms with Crippen LogP contribution in [-0.2, 0) is 14.3 Å². The molecule has 100 valence electrons. The maximum atomic E-state index is 12.2. The molecule has 0 heterocycles. The van der Waals surface area contributed by atoms with Crippen molar-refractivity contribution in [2.45, 2.75) is 32.9 Å². The SMILES string of the molecule is COC1=C(C)C(=O)C(C)=C(CCC(F)(F)F)C1=O. The lowest BCUT2D eigenvalue weighted by atomic mass is 9.87. The molecule has 0 amide bonds. The van der Waals surface area contributed by atoms with Crippen molar-refractivity contribution < 1.29 is 27.5 Å². The third-order valence-electron chi connectivity index (χ3n) is 2.82. The van der Waals surface area contributed by atoms with E-state index in [0.29, 0.717) is 0 Å². The molecular formula is C12H13F3O3. The van der Waals surface area contributed by atoms with E-state index in [-0.39, 0.29) is 22.5 Å². The summed E-state index contributed by atoms with van der Waals surface area (Å²) in [7, 11) is 1.21. The summed E-state index contributed by atoms with van der Waals surface area (Å²) in [6, 6.07) is 0. The van der Waals surface area contributed by atoms with E-state index in [4.69, 9.17) is 4.74 Å². The van der Waals surface area contributed by atoms with Crippen LogP contribution < -0.4 is 0 Å².